The van der Waals surface area contributed by atoms with Gasteiger partial charge in [0.2, 0.25) is 0 Å². The van der Waals surface area contributed by atoms with Gasteiger partial charge >= 0.3 is 12.1 Å². The molecule has 0 saturated carbocycles. The highest BCUT2D eigenvalue weighted by atomic mass is 19.4. The number of alkyl halides is 3. The lowest BCUT2D eigenvalue weighted by Crippen LogP contribution is -2.09. The smallest absolute Gasteiger partial charge is 0.418 e. The van der Waals surface area contributed by atoms with Gasteiger partial charge < -0.3 is 15.2 Å². The SMILES string of the molecule is COC(=O)c1ccc(Oc2ccc(N)c(C(F)(F)F)c2)cn1. The topological polar surface area (TPSA) is 74.4 Å². The van der Waals surface area contributed by atoms with Crippen LogP contribution >= 0.6 is 0 Å². The van der Waals surface area contributed by atoms with E-state index in [-0.39, 0.29) is 22.9 Å². The van der Waals surface area contributed by atoms with E-state index in [1.807, 2.05) is 0 Å². The minimum atomic E-state index is -4.57. The Balaban J connectivity index is 2.22. The Labute approximate surface area is 123 Å². The van der Waals surface area contributed by atoms with Crippen LogP contribution < -0.4 is 10.5 Å². The van der Waals surface area contributed by atoms with Crippen LogP contribution in [0.25, 0.3) is 0 Å². The number of benzene rings is 1. The number of methoxy groups -OCH3 is 1. The zero-order valence-electron chi connectivity index (χ0n) is 11.3. The molecule has 22 heavy (non-hydrogen) atoms. The molecule has 0 saturated heterocycles. The Kier molecular flexibility index (Phi) is 4.20. The third-order valence-electron chi connectivity index (χ3n) is 2.70. The number of pyridine rings is 1. The molecule has 0 aliphatic heterocycles. The Bertz CT molecular complexity index is 685. The van der Waals surface area contributed by atoms with Crippen molar-refractivity contribution < 1.29 is 27.4 Å². The number of hydrogen-bond acceptors (Lipinski definition) is 5. The molecule has 1 heterocycles. The van der Waals surface area contributed by atoms with Crippen molar-refractivity contribution in [3.05, 3.63) is 47.8 Å². The molecule has 0 aliphatic rings. The summed E-state index contributed by atoms with van der Waals surface area (Å²) in [5.74, 6) is -0.502. The predicted molar refractivity (Wildman–Crippen MR) is 71.5 cm³/mol. The number of nitrogens with zero attached hydrogens (tertiary/aromatic N) is 1. The van der Waals surface area contributed by atoms with Crippen LogP contribution in [0.2, 0.25) is 0 Å². The van der Waals surface area contributed by atoms with Gasteiger partial charge in [-0.25, -0.2) is 9.78 Å². The van der Waals surface area contributed by atoms with Crippen LogP contribution in [0.15, 0.2) is 36.5 Å². The molecule has 2 N–H and O–H groups in total. The number of nitrogen functional groups attached to an aromatic ring is 1. The van der Waals surface area contributed by atoms with Crippen LogP contribution in [-0.2, 0) is 10.9 Å². The molecule has 0 unspecified atom stereocenters. The van der Waals surface area contributed by atoms with Crippen molar-refractivity contribution in [1.82, 2.24) is 4.98 Å². The van der Waals surface area contributed by atoms with Crippen molar-refractivity contribution >= 4 is 11.7 Å². The van der Waals surface area contributed by atoms with E-state index in [0.29, 0.717) is 0 Å². The first-order valence-corrected chi connectivity index (χ1v) is 6.00. The van der Waals surface area contributed by atoms with Crippen molar-refractivity contribution in [2.75, 3.05) is 12.8 Å². The summed E-state index contributed by atoms with van der Waals surface area (Å²) in [4.78, 5) is 15.0. The van der Waals surface area contributed by atoms with Crippen LogP contribution in [-0.4, -0.2) is 18.1 Å². The van der Waals surface area contributed by atoms with E-state index in [9.17, 15) is 18.0 Å². The molecule has 1 aromatic carbocycles. The first kappa shape index (κ1) is 15.6. The number of carbonyl (C=O) groups excluding carboxylic acids is 1. The van der Waals surface area contributed by atoms with Crippen LogP contribution in [0.3, 0.4) is 0 Å². The van der Waals surface area contributed by atoms with Crippen LogP contribution in [0, 0.1) is 0 Å². The summed E-state index contributed by atoms with van der Waals surface area (Å²) < 4.78 is 48.0. The van der Waals surface area contributed by atoms with Gasteiger partial charge in [0.25, 0.3) is 0 Å². The standard InChI is InChI=1S/C14H11F3N2O3/c1-21-13(20)12-5-3-9(7-19-12)22-8-2-4-11(18)10(6-8)14(15,16)17/h2-7H,18H2,1H3. The van der Waals surface area contributed by atoms with Gasteiger partial charge in [0.1, 0.15) is 17.2 Å². The highest BCUT2D eigenvalue weighted by molar-refractivity contribution is 5.87. The second kappa shape index (κ2) is 5.92. The van der Waals surface area contributed by atoms with E-state index >= 15 is 0 Å². The Hall–Kier alpha value is -2.77. The normalized spacial score (nSPS) is 11.1. The third kappa shape index (κ3) is 3.46. The molecular formula is C14H11F3N2O3. The summed E-state index contributed by atoms with van der Waals surface area (Å²) in [6.45, 7) is 0. The fraction of sp³-hybridized carbons (Fsp3) is 0.143. The highest BCUT2D eigenvalue weighted by Gasteiger charge is 2.33. The van der Waals surface area contributed by atoms with Crippen molar-refractivity contribution in [3.8, 4) is 11.5 Å². The lowest BCUT2D eigenvalue weighted by Gasteiger charge is -2.12. The van der Waals surface area contributed by atoms with Gasteiger partial charge in [-0.1, -0.05) is 0 Å². The molecule has 0 spiro atoms. The predicted octanol–water partition coefficient (Wildman–Crippen LogP) is 3.26. The molecule has 2 aromatic rings. The molecule has 2 rings (SSSR count). The molecule has 0 radical (unpaired) electrons. The largest absolute Gasteiger partial charge is 0.464 e. The summed E-state index contributed by atoms with van der Waals surface area (Å²) in [5.41, 5.74) is 3.98. The summed E-state index contributed by atoms with van der Waals surface area (Å²) in [6.07, 6.45) is -3.37. The Morgan fingerprint density at radius 1 is 1.18 bits per heavy atom. The molecule has 8 heteroatoms. The van der Waals surface area contributed by atoms with Gasteiger partial charge in [0.05, 0.1) is 18.9 Å². The molecule has 0 aliphatic carbocycles. The quantitative estimate of drug-likeness (QED) is 0.695. The molecule has 0 atom stereocenters. The van der Waals surface area contributed by atoms with E-state index in [1.54, 1.807) is 0 Å². The van der Waals surface area contributed by atoms with Gasteiger partial charge in [-0.2, -0.15) is 13.2 Å². The van der Waals surface area contributed by atoms with E-state index in [1.165, 1.54) is 31.5 Å². The molecule has 5 nitrogen and oxygen atoms in total. The zero-order chi connectivity index (χ0) is 16.3. The molecule has 1 aromatic heterocycles. The van der Waals surface area contributed by atoms with Gasteiger partial charge in [0.15, 0.2) is 0 Å². The molecule has 116 valence electrons. The second-order valence-corrected chi connectivity index (χ2v) is 4.22. The van der Waals surface area contributed by atoms with Crippen LogP contribution in [0.4, 0.5) is 18.9 Å². The maximum Gasteiger partial charge on any atom is 0.418 e. The molecule has 0 bridgehead atoms. The maximum atomic E-state index is 12.7. The van der Waals surface area contributed by atoms with E-state index in [0.717, 1.165) is 12.1 Å². The van der Waals surface area contributed by atoms with E-state index in [2.05, 4.69) is 9.72 Å². The number of ether oxygens (including phenoxy) is 2. The number of nitrogens with two attached hydrogens (primary N) is 1. The number of carbonyl (C=O) groups is 1. The second-order valence-electron chi connectivity index (χ2n) is 4.22. The summed E-state index contributed by atoms with van der Waals surface area (Å²) in [5, 5.41) is 0. The minimum absolute atomic E-state index is 0.0471. The lowest BCUT2D eigenvalue weighted by molar-refractivity contribution is -0.137. The summed E-state index contributed by atoms with van der Waals surface area (Å²) in [6, 6.07) is 5.93. The van der Waals surface area contributed by atoms with E-state index in [4.69, 9.17) is 10.5 Å². The van der Waals surface area contributed by atoms with Crippen LogP contribution in [0.1, 0.15) is 16.1 Å². The fourth-order valence-corrected chi connectivity index (χ4v) is 1.65. The van der Waals surface area contributed by atoms with Crippen molar-refractivity contribution in [1.29, 1.82) is 0 Å². The molecular weight excluding hydrogens is 301 g/mol. The first-order chi connectivity index (χ1) is 10.3. The number of hydrogen-bond donors (Lipinski definition) is 1. The number of halogens is 3. The minimum Gasteiger partial charge on any atom is -0.464 e. The number of aromatic nitrogens is 1. The average Bonchev–Trinajstić information content (AvgIpc) is 2.48. The Morgan fingerprint density at radius 3 is 2.41 bits per heavy atom. The van der Waals surface area contributed by atoms with Crippen molar-refractivity contribution in [2.45, 2.75) is 6.18 Å². The Morgan fingerprint density at radius 2 is 1.86 bits per heavy atom. The fourth-order valence-electron chi connectivity index (χ4n) is 1.65. The monoisotopic (exact) mass is 312 g/mol. The molecule has 0 amide bonds. The molecule has 0 fully saturated rings. The van der Waals surface area contributed by atoms with Crippen molar-refractivity contribution in [3.63, 3.8) is 0 Å². The van der Waals surface area contributed by atoms with Gasteiger partial charge in [-0.05, 0) is 30.3 Å². The number of rotatable bonds is 3. The zero-order valence-corrected chi connectivity index (χ0v) is 11.3. The lowest BCUT2D eigenvalue weighted by atomic mass is 10.1. The van der Waals surface area contributed by atoms with Gasteiger partial charge in [0, 0.05) is 5.69 Å². The highest BCUT2D eigenvalue weighted by Crippen LogP contribution is 2.36. The summed E-state index contributed by atoms with van der Waals surface area (Å²) >= 11 is 0. The van der Waals surface area contributed by atoms with Gasteiger partial charge in [-0.3, -0.25) is 0 Å². The average molecular weight is 312 g/mol. The van der Waals surface area contributed by atoms with E-state index < -0.39 is 17.7 Å². The number of anilines is 1. The number of esters is 1. The maximum absolute atomic E-state index is 12.7. The van der Waals surface area contributed by atoms with Crippen molar-refractivity contribution in [2.24, 2.45) is 0 Å². The summed E-state index contributed by atoms with van der Waals surface area (Å²) in [7, 11) is 1.21. The third-order valence-corrected chi connectivity index (χ3v) is 2.70. The first-order valence-electron chi connectivity index (χ1n) is 6.00. The van der Waals surface area contributed by atoms with Gasteiger partial charge in [-0.15, -0.1) is 0 Å². The van der Waals surface area contributed by atoms with Crippen LogP contribution in [0.5, 0.6) is 11.5 Å².